The fourth-order valence-corrected chi connectivity index (χ4v) is 1.96. The van der Waals surface area contributed by atoms with Crippen LogP contribution < -0.4 is 0 Å². The van der Waals surface area contributed by atoms with E-state index < -0.39 is 11.7 Å². The van der Waals surface area contributed by atoms with Crippen molar-refractivity contribution in [2.24, 2.45) is 5.92 Å². The van der Waals surface area contributed by atoms with Crippen molar-refractivity contribution in [3.63, 3.8) is 0 Å². The van der Waals surface area contributed by atoms with Crippen LogP contribution in [-0.4, -0.2) is 18.5 Å². The Morgan fingerprint density at radius 1 is 1.24 bits per heavy atom. The predicted molar refractivity (Wildman–Crippen MR) is 55.3 cm³/mol. The van der Waals surface area contributed by atoms with Crippen LogP contribution in [0.5, 0.6) is 0 Å². The van der Waals surface area contributed by atoms with Gasteiger partial charge in [0, 0.05) is 0 Å². The van der Waals surface area contributed by atoms with Crippen LogP contribution in [0.1, 0.15) is 23.5 Å². The highest BCUT2D eigenvalue weighted by Crippen LogP contribution is 2.47. The lowest BCUT2D eigenvalue weighted by Crippen LogP contribution is -2.04. The number of ether oxygens (including phenoxy) is 1. The van der Waals surface area contributed by atoms with E-state index in [4.69, 9.17) is 9.84 Å². The fourth-order valence-electron chi connectivity index (χ4n) is 1.96. The van der Waals surface area contributed by atoms with Crippen LogP contribution in [0.15, 0.2) is 24.3 Å². The molecule has 0 unspecified atom stereocenters. The van der Waals surface area contributed by atoms with Gasteiger partial charge >= 0.3 is 6.18 Å². The molecule has 0 amide bonds. The smallest absolute Gasteiger partial charge is 0.371 e. The third-order valence-corrected chi connectivity index (χ3v) is 3.01. The molecule has 1 aromatic rings. The lowest BCUT2D eigenvalue weighted by atomic mass is 10.1. The molecule has 1 saturated carbocycles. The molecule has 1 aliphatic carbocycles. The van der Waals surface area contributed by atoms with Gasteiger partial charge in [-0.3, -0.25) is 0 Å². The van der Waals surface area contributed by atoms with Crippen molar-refractivity contribution in [2.75, 3.05) is 13.4 Å². The Balaban J connectivity index is 1.96. The van der Waals surface area contributed by atoms with Gasteiger partial charge in [-0.1, -0.05) is 12.1 Å². The van der Waals surface area contributed by atoms with Crippen LogP contribution in [0.3, 0.4) is 0 Å². The SMILES string of the molecule is OCOC[C@@H]1C[C@@H]1c1ccc(C(F)(F)F)cc1. The summed E-state index contributed by atoms with van der Waals surface area (Å²) < 4.78 is 41.9. The third kappa shape index (κ3) is 2.98. The lowest BCUT2D eigenvalue weighted by molar-refractivity contribution is -0.137. The summed E-state index contributed by atoms with van der Waals surface area (Å²) in [5.74, 6) is 0.586. The van der Waals surface area contributed by atoms with Crippen molar-refractivity contribution >= 4 is 0 Å². The number of halogens is 3. The van der Waals surface area contributed by atoms with E-state index in [-0.39, 0.29) is 12.7 Å². The van der Waals surface area contributed by atoms with E-state index in [1.54, 1.807) is 0 Å². The third-order valence-electron chi connectivity index (χ3n) is 3.01. The molecular weight excluding hydrogens is 233 g/mol. The van der Waals surface area contributed by atoms with E-state index in [9.17, 15) is 13.2 Å². The molecule has 1 aromatic carbocycles. The van der Waals surface area contributed by atoms with Crippen molar-refractivity contribution in [1.82, 2.24) is 0 Å². The number of alkyl halides is 3. The summed E-state index contributed by atoms with van der Waals surface area (Å²) >= 11 is 0. The highest BCUT2D eigenvalue weighted by molar-refractivity contribution is 5.30. The maximum absolute atomic E-state index is 12.3. The molecule has 0 heterocycles. The molecular formula is C12H13F3O2. The maximum Gasteiger partial charge on any atom is 0.416 e. The quantitative estimate of drug-likeness (QED) is 0.828. The zero-order valence-electron chi connectivity index (χ0n) is 9.07. The molecule has 0 aliphatic heterocycles. The van der Waals surface area contributed by atoms with Gasteiger partial charge in [-0.15, -0.1) is 0 Å². The van der Waals surface area contributed by atoms with Gasteiger partial charge in [0.05, 0.1) is 12.2 Å². The first-order valence-corrected chi connectivity index (χ1v) is 5.38. The number of hydrogen-bond acceptors (Lipinski definition) is 2. The monoisotopic (exact) mass is 246 g/mol. The van der Waals surface area contributed by atoms with Gasteiger partial charge in [-0.2, -0.15) is 13.2 Å². The van der Waals surface area contributed by atoms with Crippen molar-refractivity contribution in [3.05, 3.63) is 35.4 Å². The van der Waals surface area contributed by atoms with Gasteiger partial charge in [0.15, 0.2) is 0 Å². The molecule has 1 fully saturated rings. The zero-order chi connectivity index (χ0) is 12.5. The maximum atomic E-state index is 12.3. The number of rotatable bonds is 4. The second-order valence-electron chi connectivity index (χ2n) is 4.22. The molecule has 2 nitrogen and oxygen atoms in total. The lowest BCUT2D eigenvalue weighted by Gasteiger charge is -2.07. The summed E-state index contributed by atoms with van der Waals surface area (Å²) in [5.41, 5.74) is 0.287. The van der Waals surface area contributed by atoms with Crippen LogP contribution in [0.25, 0.3) is 0 Å². The van der Waals surface area contributed by atoms with Gasteiger partial charge in [0.2, 0.25) is 0 Å². The van der Waals surface area contributed by atoms with Gasteiger partial charge in [0.1, 0.15) is 6.79 Å². The molecule has 5 heteroatoms. The molecule has 0 spiro atoms. The number of hydrogen-bond donors (Lipinski definition) is 1. The first kappa shape index (κ1) is 12.4. The summed E-state index contributed by atoms with van der Waals surface area (Å²) in [5, 5.41) is 8.48. The van der Waals surface area contributed by atoms with Crippen molar-refractivity contribution < 1.29 is 23.0 Å². The van der Waals surface area contributed by atoms with Crippen molar-refractivity contribution in [1.29, 1.82) is 0 Å². The minimum absolute atomic E-state index is 0.267. The standard InChI is InChI=1S/C12H13F3O2/c13-12(14,15)10-3-1-8(2-4-10)11-5-9(11)6-17-7-16/h1-4,9,11,16H,5-7H2/t9-,11+/m0/s1. The van der Waals surface area contributed by atoms with Crippen LogP contribution in [0, 0.1) is 5.92 Å². The summed E-state index contributed by atoms with van der Waals surface area (Å²) in [4.78, 5) is 0. The Morgan fingerprint density at radius 3 is 2.41 bits per heavy atom. The average Bonchev–Trinajstić information content (AvgIpc) is 3.05. The Labute approximate surface area is 97.0 Å². The molecule has 0 radical (unpaired) electrons. The summed E-state index contributed by atoms with van der Waals surface area (Å²) in [6.45, 7) is 0.151. The second-order valence-corrected chi connectivity index (χ2v) is 4.22. The molecule has 1 N–H and O–H groups in total. The van der Waals surface area contributed by atoms with E-state index in [1.165, 1.54) is 12.1 Å². The molecule has 0 bridgehead atoms. The zero-order valence-corrected chi connectivity index (χ0v) is 9.07. The second kappa shape index (κ2) is 4.66. The Kier molecular flexibility index (Phi) is 3.40. The predicted octanol–water partition coefficient (Wildman–Crippen LogP) is 2.78. The summed E-state index contributed by atoms with van der Waals surface area (Å²) in [6.07, 6.45) is -3.37. The van der Waals surface area contributed by atoms with E-state index in [1.807, 2.05) is 0 Å². The van der Waals surface area contributed by atoms with Crippen molar-refractivity contribution in [2.45, 2.75) is 18.5 Å². The molecule has 17 heavy (non-hydrogen) atoms. The first-order valence-electron chi connectivity index (χ1n) is 5.38. The van der Waals surface area contributed by atoms with Gasteiger partial charge in [0.25, 0.3) is 0 Å². The Hall–Kier alpha value is -1.07. The molecule has 0 aromatic heterocycles. The van der Waals surface area contributed by atoms with E-state index >= 15 is 0 Å². The number of aliphatic hydroxyl groups is 1. The minimum Gasteiger partial charge on any atom is -0.371 e. The number of aliphatic hydroxyl groups excluding tert-OH is 1. The van der Waals surface area contributed by atoms with Gasteiger partial charge in [-0.05, 0) is 36.0 Å². The average molecular weight is 246 g/mol. The molecule has 94 valence electrons. The highest BCUT2D eigenvalue weighted by Gasteiger charge is 2.38. The van der Waals surface area contributed by atoms with Gasteiger partial charge < -0.3 is 9.84 Å². The summed E-state index contributed by atoms with van der Waals surface area (Å²) in [6, 6.07) is 5.26. The fraction of sp³-hybridized carbons (Fsp3) is 0.500. The molecule has 2 rings (SSSR count). The van der Waals surface area contributed by atoms with Crippen LogP contribution in [-0.2, 0) is 10.9 Å². The highest BCUT2D eigenvalue weighted by atomic mass is 19.4. The van der Waals surface area contributed by atoms with E-state index in [0.29, 0.717) is 12.5 Å². The van der Waals surface area contributed by atoms with Crippen LogP contribution >= 0.6 is 0 Å². The van der Waals surface area contributed by atoms with E-state index in [0.717, 1.165) is 24.1 Å². The number of benzene rings is 1. The molecule has 0 saturated heterocycles. The molecule has 1 aliphatic rings. The Morgan fingerprint density at radius 2 is 1.88 bits per heavy atom. The normalized spacial score (nSPS) is 23.8. The molecule has 2 atom stereocenters. The van der Waals surface area contributed by atoms with Crippen molar-refractivity contribution in [3.8, 4) is 0 Å². The van der Waals surface area contributed by atoms with Crippen LogP contribution in [0.2, 0.25) is 0 Å². The Bertz CT molecular complexity index is 372. The van der Waals surface area contributed by atoms with Crippen LogP contribution in [0.4, 0.5) is 13.2 Å². The largest absolute Gasteiger partial charge is 0.416 e. The van der Waals surface area contributed by atoms with Gasteiger partial charge in [-0.25, -0.2) is 0 Å². The first-order chi connectivity index (χ1) is 8.02. The van der Waals surface area contributed by atoms with E-state index in [2.05, 4.69) is 0 Å². The minimum atomic E-state index is -4.28. The summed E-state index contributed by atoms with van der Waals surface area (Å²) in [7, 11) is 0. The topological polar surface area (TPSA) is 29.5 Å².